The van der Waals surface area contributed by atoms with Gasteiger partial charge < -0.3 is 4.90 Å². The van der Waals surface area contributed by atoms with E-state index in [-0.39, 0.29) is 0 Å². The Bertz CT molecular complexity index is 393. The van der Waals surface area contributed by atoms with Crippen molar-refractivity contribution >= 4 is 33.2 Å². The van der Waals surface area contributed by atoms with Crippen molar-refractivity contribution in [2.75, 3.05) is 18.0 Å². The Labute approximate surface area is 104 Å². The highest BCUT2D eigenvalue weighted by molar-refractivity contribution is 9.10. The fourth-order valence-electron chi connectivity index (χ4n) is 2.66. The minimum Gasteiger partial charge on any atom is -0.369 e. The number of rotatable bonds is 1. The summed E-state index contributed by atoms with van der Waals surface area (Å²) < 4.78 is 1.11. The van der Waals surface area contributed by atoms with E-state index in [2.05, 4.69) is 26.9 Å². The fourth-order valence-corrected chi connectivity index (χ4v) is 3.60. The van der Waals surface area contributed by atoms with Gasteiger partial charge in [0.05, 0.1) is 5.69 Å². The lowest BCUT2D eigenvalue weighted by molar-refractivity contribution is 0.0903. The second-order valence-electron chi connectivity index (χ2n) is 4.81. The van der Waals surface area contributed by atoms with Crippen LogP contribution in [0.15, 0.2) is 22.7 Å². The molecule has 15 heavy (non-hydrogen) atoms. The molecule has 2 aliphatic rings. The second kappa shape index (κ2) is 3.39. The van der Waals surface area contributed by atoms with E-state index in [1.165, 1.54) is 38.0 Å². The molecule has 3 heteroatoms. The molecule has 1 aromatic carbocycles. The third-order valence-electron chi connectivity index (χ3n) is 3.72. The van der Waals surface area contributed by atoms with Crippen molar-refractivity contribution in [2.24, 2.45) is 5.41 Å². The SMILES string of the molecule is Clc1ccc(N2CC3(CCC3)C2)c(Br)c1. The third kappa shape index (κ3) is 1.58. The Morgan fingerprint density at radius 1 is 1.27 bits per heavy atom. The highest BCUT2D eigenvalue weighted by atomic mass is 79.9. The summed E-state index contributed by atoms with van der Waals surface area (Å²) in [5.41, 5.74) is 1.97. The molecule has 0 radical (unpaired) electrons. The van der Waals surface area contributed by atoms with E-state index in [9.17, 15) is 0 Å². The van der Waals surface area contributed by atoms with Crippen molar-refractivity contribution in [3.05, 3.63) is 27.7 Å². The van der Waals surface area contributed by atoms with E-state index >= 15 is 0 Å². The summed E-state index contributed by atoms with van der Waals surface area (Å²) >= 11 is 9.50. The van der Waals surface area contributed by atoms with Crippen molar-refractivity contribution in [3.63, 3.8) is 0 Å². The molecule has 0 unspecified atom stereocenters. The van der Waals surface area contributed by atoms with Crippen LogP contribution in [0.25, 0.3) is 0 Å². The normalized spacial score (nSPS) is 22.4. The van der Waals surface area contributed by atoms with E-state index in [0.29, 0.717) is 5.41 Å². The van der Waals surface area contributed by atoms with Crippen LogP contribution in [0, 0.1) is 5.41 Å². The van der Waals surface area contributed by atoms with Gasteiger partial charge in [-0.15, -0.1) is 0 Å². The maximum absolute atomic E-state index is 5.93. The lowest BCUT2D eigenvalue weighted by atomic mass is 9.63. The fraction of sp³-hybridized carbons (Fsp3) is 0.500. The predicted octanol–water partition coefficient (Wildman–Crippen LogP) is 4.09. The zero-order valence-electron chi connectivity index (χ0n) is 8.47. The molecule has 1 aromatic rings. The Hall–Kier alpha value is -0.210. The maximum Gasteiger partial charge on any atom is 0.0512 e. The first-order valence-corrected chi connectivity index (χ1v) is 6.56. The molecule has 1 nitrogen and oxygen atoms in total. The van der Waals surface area contributed by atoms with Gasteiger partial charge in [0.25, 0.3) is 0 Å². The topological polar surface area (TPSA) is 3.24 Å². The average molecular weight is 287 g/mol. The van der Waals surface area contributed by atoms with Gasteiger partial charge in [0.1, 0.15) is 0 Å². The van der Waals surface area contributed by atoms with E-state index in [0.717, 1.165) is 9.50 Å². The van der Waals surface area contributed by atoms with E-state index in [1.54, 1.807) is 0 Å². The van der Waals surface area contributed by atoms with E-state index in [4.69, 9.17) is 11.6 Å². The summed E-state index contributed by atoms with van der Waals surface area (Å²) in [6, 6.07) is 6.05. The molecule has 0 N–H and O–H groups in total. The number of nitrogens with zero attached hydrogens (tertiary/aromatic N) is 1. The van der Waals surface area contributed by atoms with Crippen molar-refractivity contribution in [1.29, 1.82) is 0 Å². The van der Waals surface area contributed by atoms with Crippen LogP contribution >= 0.6 is 27.5 Å². The molecule has 0 bridgehead atoms. The Balaban J connectivity index is 1.77. The Morgan fingerprint density at radius 3 is 2.53 bits per heavy atom. The minimum atomic E-state index is 0.680. The third-order valence-corrected chi connectivity index (χ3v) is 4.59. The molecule has 0 aromatic heterocycles. The summed E-state index contributed by atoms with van der Waals surface area (Å²) in [5, 5.41) is 0.796. The van der Waals surface area contributed by atoms with Crippen LogP contribution in [0.4, 0.5) is 5.69 Å². The van der Waals surface area contributed by atoms with Gasteiger partial charge in [-0.25, -0.2) is 0 Å². The van der Waals surface area contributed by atoms with Crippen LogP contribution < -0.4 is 4.90 Å². The number of halogens is 2. The lowest BCUT2D eigenvalue weighted by Gasteiger charge is -2.57. The zero-order chi connectivity index (χ0) is 10.5. The van der Waals surface area contributed by atoms with Gasteiger partial charge in [0.2, 0.25) is 0 Å². The molecule has 1 aliphatic carbocycles. The first-order chi connectivity index (χ1) is 7.19. The molecule has 1 saturated carbocycles. The van der Waals surface area contributed by atoms with Crippen LogP contribution in [0.3, 0.4) is 0 Å². The molecule has 1 saturated heterocycles. The number of hydrogen-bond donors (Lipinski definition) is 0. The predicted molar refractivity (Wildman–Crippen MR) is 67.6 cm³/mol. The Morgan fingerprint density at radius 2 is 2.00 bits per heavy atom. The van der Waals surface area contributed by atoms with Crippen LogP contribution in [-0.4, -0.2) is 13.1 Å². The average Bonchev–Trinajstić information content (AvgIpc) is 2.03. The quantitative estimate of drug-likeness (QED) is 0.751. The second-order valence-corrected chi connectivity index (χ2v) is 6.10. The minimum absolute atomic E-state index is 0.680. The highest BCUT2D eigenvalue weighted by Crippen LogP contribution is 2.50. The van der Waals surface area contributed by atoms with Crippen LogP contribution in [0.5, 0.6) is 0 Å². The molecule has 0 amide bonds. The van der Waals surface area contributed by atoms with Gasteiger partial charge in [-0.1, -0.05) is 18.0 Å². The smallest absolute Gasteiger partial charge is 0.0512 e. The zero-order valence-corrected chi connectivity index (χ0v) is 10.8. The molecular formula is C12H13BrClN. The summed E-state index contributed by atoms with van der Waals surface area (Å²) in [6.45, 7) is 2.46. The van der Waals surface area contributed by atoms with Crippen LogP contribution in [-0.2, 0) is 0 Å². The molecule has 1 spiro atoms. The van der Waals surface area contributed by atoms with Gasteiger partial charge in [0, 0.05) is 28.0 Å². The number of anilines is 1. The number of benzene rings is 1. The van der Waals surface area contributed by atoms with Gasteiger partial charge in [-0.05, 0) is 47.0 Å². The van der Waals surface area contributed by atoms with Gasteiger partial charge in [-0.2, -0.15) is 0 Å². The Kier molecular flexibility index (Phi) is 2.26. The van der Waals surface area contributed by atoms with Crippen molar-refractivity contribution in [2.45, 2.75) is 19.3 Å². The molecule has 1 heterocycles. The van der Waals surface area contributed by atoms with E-state index < -0.39 is 0 Å². The van der Waals surface area contributed by atoms with E-state index in [1.807, 2.05) is 12.1 Å². The van der Waals surface area contributed by atoms with Gasteiger partial charge in [0.15, 0.2) is 0 Å². The molecule has 3 rings (SSSR count). The first kappa shape index (κ1) is 9.98. The molecule has 1 aliphatic heterocycles. The van der Waals surface area contributed by atoms with Crippen molar-refractivity contribution < 1.29 is 0 Å². The molecular weight excluding hydrogens is 273 g/mol. The molecule has 0 atom stereocenters. The summed E-state index contributed by atoms with van der Waals surface area (Å²) in [6.07, 6.45) is 4.28. The monoisotopic (exact) mass is 285 g/mol. The largest absolute Gasteiger partial charge is 0.369 e. The molecule has 2 fully saturated rings. The van der Waals surface area contributed by atoms with Crippen molar-refractivity contribution in [1.82, 2.24) is 0 Å². The van der Waals surface area contributed by atoms with Crippen molar-refractivity contribution in [3.8, 4) is 0 Å². The first-order valence-electron chi connectivity index (χ1n) is 5.39. The molecule has 80 valence electrons. The van der Waals surface area contributed by atoms with Crippen LogP contribution in [0.1, 0.15) is 19.3 Å². The highest BCUT2D eigenvalue weighted by Gasteiger charge is 2.47. The van der Waals surface area contributed by atoms with Gasteiger partial charge in [-0.3, -0.25) is 0 Å². The standard InChI is InChI=1S/C12H13BrClN/c13-10-6-9(14)2-3-11(10)15-7-12(8-15)4-1-5-12/h2-3,6H,1,4-5,7-8H2. The number of hydrogen-bond acceptors (Lipinski definition) is 1. The lowest BCUT2D eigenvalue weighted by Crippen LogP contribution is -2.59. The van der Waals surface area contributed by atoms with Crippen LogP contribution in [0.2, 0.25) is 5.02 Å². The maximum atomic E-state index is 5.93. The summed E-state index contributed by atoms with van der Waals surface area (Å²) in [5.74, 6) is 0. The summed E-state index contributed by atoms with van der Waals surface area (Å²) in [7, 11) is 0. The van der Waals surface area contributed by atoms with Gasteiger partial charge >= 0.3 is 0 Å². The summed E-state index contributed by atoms with van der Waals surface area (Å²) in [4.78, 5) is 2.44.